The van der Waals surface area contributed by atoms with E-state index < -0.39 is 0 Å². The Morgan fingerprint density at radius 2 is 1.88 bits per heavy atom. The molecule has 4 rings (SSSR count). The Hall–Kier alpha value is -2.85. The fourth-order valence-electron chi connectivity index (χ4n) is 2.96. The van der Waals surface area contributed by atoms with E-state index in [2.05, 4.69) is 28.2 Å². The highest BCUT2D eigenvalue weighted by molar-refractivity contribution is 5.85. The fraction of sp³-hybridized carbons (Fsp3) is 0.150. The maximum Gasteiger partial charge on any atom is 0.159 e. The minimum Gasteiger partial charge on any atom is -0.396 e. The molecule has 1 N–H and O–H groups in total. The molecule has 24 heavy (non-hydrogen) atoms. The molecule has 4 heteroatoms. The number of aryl methyl sites for hydroxylation is 1. The van der Waals surface area contributed by atoms with Crippen LogP contribution < -0.4 is 0 Å². The van der Waals surface area contributed by atoms with E-state index in [9.17, 15) is 0 Å². The summed E-state index contributed by atoms with van der Waals surface area (Å²) in [7, 11) is 0. The minimum absolute atomic E-state index is 0.160. The van der Waals surface area contributed by atoms with Crippen LogP contribution in [0.15, 0.2) is 54.7 Å². The Labute approximate surface area is 139 Å². The molecule has 0 saturated carbocycles. The summed E-state index contributed by atoms with van der Waals surface area (Å²) in [5.74, 6) is 0. The lowest BCUT2D eigenvalue weighted by Crippen LogP contribution is -1.94. The highest BCUT2D eigenvalue weighted by Crippen LogP contribution is 2.26. The number of hydrogen-bond donors (Lipinski definition) is 1. The molecule has 3 heterocycles. The monoisotopic (exact) mass is 315 g/mol. The molecule has 0 unspecified atom stereocenters. The lowest BCUT2D eigenvalue weighted by Gasteiger charge is -2.08. The molecule has 0 amide bonds. The predicted molar refractivity (Wildman–Crippen MR) is 95.8 cm³/mol. The van der Waals surface area contributed by atoms with Crippen LogP contribution in [0.25, 0.3) is 33.2 Å². The van der Waals surface area contributed by atoms with Gasteiger partial charge >= 0.3 is 0 Å². The largest absolute Gasteiger partial charge is 0.396 e. The van der Waals surface area contributed by atoms with Gasteiger partial charge in [-0.25, -0.2) is 15.0 Å². The Morgan fingerprint density at radius 1 is 0.958 bits per heavy atom. The Morgan fingerprint density at radius 3 is 2.75 bits per heavy atom. The summed E-state index contributed by atoms with van der Waals surface area (Å²) in [5, 5.41) is 11.2. The number of aromatic nitrogens is 3. The number of hydrogen-bond acceptors (Lipinski definition) is 4. The maximum atomic E-state index is 9.07. The number of benzene rings is 1. The van der Waals surface area contributed by atoms with Crippen molar-refractivity contribution < 1.29 is 5.11 Å². The molecule has 0 spiro atoms. The van der Waals surface area contributed by atoms with Crippen molar-refractivity contribution in [2.45, 2.75) is 13.3 Å². The quantitative estimate of drug-likeness (QED) is 0.626. The average molecular weight is 315 g/mol. The molecular formula is C20H17N3O. The molecule has 1 aromatic carbocycles. The van der Waals surface area contributed by atoms with Crippen LogP contribution in [-0.2, 0) is 6.42 Å². The summed E-state index contributed by atoms with van der Waals surface area (Å²) in [4.78, 5) is 13.7. The van der Waals surface area contributed by atoms with Gasteiger partial charge in [0.1, 0.15) is 0 Å². The first kappa shape index (κ1) is 14.7. The van der Waals surface area contributed by atoms with Crippen molar-refractivity contribution in [3.63, 3.8) is 0 Å². The van der Waals surface area contributed by atoms with Crippen LogP contribution >= 0.6 is 0 Å². The molecule has 4 aromatic rings. The van der Waals surface area contributed by atoms with Crippen LogP contribution in [0.4, 0.5) is 0 Å². The molecule has 4 nitrogen and oxygen atoms in total. The van der Waals surface area contributed by atoms with Crippen LogP contribution in [0.2, 0.25) is 0 Å². The van der Waals surface area contributed by atoms with E-state index >= 15 is 0 Å². The van der Waals surface area contributed by atoms with Crippen molar-refractivity contribution >= 4 is 21.9 Å². The molecule has 0 bridgehead atoms. The zero-order valence-corrected chi connectivity index (χ0v) is 13.4. The highest BCUT2D eigenvalue weighted by atomic mass is 16.2. The second-order valence-corrected chi connectivity index (χ2v) is 5.87. The summed E-state index contributed by atoms with van der Waals surface area (Å²) in [6, 6.07) is 16.2. The molecular weight excluding hydrogens is 298 g/mol. The molecule has 0 aliphatic carbocycles. The molecule has 0 aliphatic rings. The fourth-order valence-corrected chi connectivity index (χ4v) is 2.96. The van der Waals surface area contributed by atoms with Crippen molar-refractivity contribution in [3.8, 4) is 11.3 Å². The van der Waals surface area contributed by atoms with Gasteiger partial charge in [-0.2, -0.15) is 0 Å². The molecule has 0 radical (unpaired) electrons. The van der Waals surface area contributed by atoms with E-state index in [1.54, 1.807) is 6.20 Å². The summed E-state index contributed by atoms with van der Waals surface area (Å²) < 4.78 is 0. The van der Waals surface area contributed by atoms with Gasteiger partial charge in [-0.3, -0.25) is 0 Å². The molecule has 0 saturated heterocycles. The number of aliphatic hydroxyl groups is 1. The van der Waals surface area contributed by atoms with Crippen LogP contribution in [0.3, 0.4) is 0 Å². The van der Waals surface area contributed by atoms with E-state index in [-0.39, 0.29) is 6.61 Å². The third kappa shape index (κ3) is 2.61. The van der Waals surface area contributed by atoms with Gasteiger partial charge in [0, 0.05) is 34.8 Å². The summed E-state index contributed by atoms with van der Waals surface area (Å²) in [6.07, 6.45) is 2.42. The van der Waals surface area contributed by atoms with Gasteiger partial charge in [0.25, 0.3) is 0 Å². The van der Waals surface area contributed by atoms with Gasteiger partial charge in [-0.05, 0) is 55.3 Å². The van der Waals surface area contributed by atoms with Gasteiger partial charge in [-0.15, -0.1) is 0 Å². The van der Waals surface area contributed by atoms with Gasteiger partial charge in [0.05, 0.1) is 11.2 Å². The van der Waals surface area contributed by atoms with Crippen molar-refractivity contribution in [2.75, 3.05) is 6.61 Å². The third-order valence-corrected chi connectivity index (χ3v) is 4.21. The molecule has 3 aromatic heterocycles. The Balaban J connectivity index is 1.84. The number of aliphatic hydroxyl groups excluding tert-OH is 1. The number of fused-ring (bicyclic) bond motifs is 2. The first-order chi connectivity index (χ1) is 11.7. The topological polar surface area (TPSA) is 58.9 Å². The summed E-state index contributed by atoms with van der Waals surface area (Å²) in [5.41, 5.74) is 5.68. The smallest absolute Gasteiger partial charge is 0.159 e. The van der Waals surface area contributed by atoms with E-state index in [1.165, 1.54) is 0 Å². The average Bonchev–Trinajstić information content (AvgIpc) is 2.61. The van der Waals surface area contributed by atoms with Gasteiger partial charge in [0.15, 0.2) is 5.65 Å². The van der Waals surface area contributed by atoms with Crippen LogP contribution in [0.5, 0.6) is 0 Å². The van der Waals surface area contributed by atoms with Crippen LogP contribution in [0, 0.1) is 6.92 Å². The van der Waals surface area contributed by atoms with Crippen LogP contribution in [-0.4, -0.2) is 26.7 Å². The van der Waals surface area contributed by atoms with Crippen LogP contribution in [0.1, 0.15) is 11.3 Å². The second-order valence-electron chi connectivity index (χ2n) is 5.87. The SMILES string of the molecule is Cc1nc2ncccc2cc1-c1ccc2cc(CCO)ccc2n1. The van der Waals surface area contributed by atoms with Crippen molar-refractivity contribution in [1.82, 2.24) is 15.0 Å². The molecule has 0 fully saturated rings. The van der Waals surface area contributed by atoms with E-state index in [1.807, 2.05) is 37.3 Å². The lowest BCUT2D eigenvalue weighted by atomic mass is 10.0. The molecule has 0 atom stereocenters. The summed E-state index contributed by atoms with van der Waals surface area (Å²) >= 11 is 0. The van der Waals surface area contributed by atoms with E-state index in [0.29, 0.717) is 6.42 Å². The van der Waals surface area contributed by atoms with Crippen molar-refractivity contribution in [3.05, 3.63) is 66.0 Å². The van der Waals surface area contributed by atoms with Gasteiger partial charge < -0.3 is 5.11 Å². The van der Waals surface area contributed by atoms with Gasteiger partial charge in [-0.1, -0.05) is 12.1 Å². The zero-order chi connectivity index (χ0) is 16.5. The van der Waals surface area contributed by atoms with Gasteiger partial charge in [0.2, 0.25) is 0 Å². The third-order valence-electron chi connectivity index (χ3n) is 4.21. The first-order valence-corrected chi connectivity index (χ1v) is 7.98. The standard InChI is InChI=1S/C20H17N3O/c1-13-17(12-16-3-2-9-21-20(16)22-13)19-7-5-15-11-14(8-10-24)4-6-18(15)23-19/h2-7,9,11-12,24H,8,10H2,1H3. The molecule has 118 valence electrons. The molecule has 0 aliphatic heterocycles. The lowest BCUT2D eigenvalue weighted by molar-refractivity contribution is 0.299. The zero-order valence-electron chi connectivity index (χ0n) is 13.4. The van der Waals surface area contributed by atoms with E-state index in [4.69, 9.17) is 10.1 Å². The number of rotatable bonds is 3. The highest BCUT2D eigenvalue weighted by Gasteiger charge is 2.09. The first-order valence-electron chi connectivity index (χ1n) is 7.98. The van der Waals surface area contributed by atoms with Crippen molar-refractivity contribution in [2.24, 2.45) is 0 Å². The van der Waals surface area contributed by atoms with E-state index in [0.717, 1.165) is 44.5 Å². The summed E-state index contributed by atoms with van der Waals surface area (Å²) in [6.45, 7) is 2.15. The maximum absolute atomic E-state index is 9.07. The number of pyridine rings is 3. The Bertz CT molecular complexity index is 1040. The normalized spacial score (nSPS) is 11.2. The predicted octanol–water partition coefficient (Wildman–Crippen LogP) is 3.69. The number of nitrogens with zero attached hydrogens (tertiary/aromatic N) is 3. The minimum atomic E-state index is 0.160. The Kier molecular flexibility index (Phi) is 3.67. The second kappa shape index (κ2) is 5.98. The van der Waals surface area contributed by atoms with Crippen molar-refractivity contribution in [1.29, 1.82) is 0 Å².